The lowest BCUT2D eigenvalue weighted by Crippen LogP contribution is -2.42. The number of carbonyl (C=O) groups excluding carboxylic acids is 1. The summed E-state index contributed by atoms with van der Waals surface area (Å²) in [6, 6.07) is 2.25. The van der Waals surface area contributed by atoms with E-state index < -0.39 is 0 Å². The molecular formula is C17H21N3OS2. The molecule has 1 saturated heterocycles. The summed E-state index contributed by atoms with van der Waals surface area (Å²) < 4.78 is 0. The predicted octanol–water partition coefficient (Wildman–Crippen LogP) is 3.06. The summed E-state index contributed by atoms with van der Waals surface area (Å²) >= 11 is 3.54. The largest absolute Gasteiger partial charge is 0.338 e. The van der Waals surface area contributed by atoms with E-state index in [1.165, 1.54) is 15.3 Å². The Morgan fingerprint density at radius 1 is 1.39 bits per heavy atom. The molecule has 0 radical (unpaired) electrons. The molecule has 4 nitrogen and oxygen atoms in total. The smallest absolute Gasteiger partial charge is 0.226 e. The summed E-state index contributed by atoms with van der Waals surface area (Å²) in [7, 11) is 0. The zero-order chi connectivity index (χ0) is 15.8. The van der Waals surface area contributed by atoms with Crippen LogP contribution in [0.25, 0.3) is 10.6 Å². The number of amides is 1. The second-order valence-corrected chi connectivity index (χ2v) is 8.54. The van der Waals surface area contributed by atoms with Crippen molar-refractivity contribution in [3.63, 3.8) is 0 Å². The predicted molar refractivity (Wildman–Crippen MR) is 94.9 cm³/mol. The van der Waals surface area contributed by atoms with Crippen LogP contribution < -0.4 is 5.32 Å². The summed E-state index contributed by atoms with van der Waals surface area (Å²) in [6.07, 6.45) is 2.95. The first-order chi connectivity index (χ1) is 11.2. The van der Waals surface area contributed by atoms with Crippen LogP contribution in [0.4, 0.5) is 0 Å². The van der Waals surface area contributed by atoms with Crippen molar-refractivity contribution in [1.82, 2.24) is 15.2 Å². The maximum absolute atomic E-state index is 12.7. The summed E-state index contributed by atoms with van der Waals surface area (Å²) in [5.74, 6) is 0.575. The average Bonchev–Trinajstić information content (AvgIpc) is 3.20. The summed E-state index contributed by atoms with van der Waals surface area (Å²) in [5, 5.41) is 6.57. The number of fused-ring (bicyclic) bond motifs is 1. The van der Waals surface area contributed by atoms with E-state index in [1.54, 1.807) is 11.3 Å². The lowest BCUT2D eigenvalue weighted by atomic mass is 9.95. The summed E-state index contributed by atoms with van der Waals surface area (Å²) in [6.45, 7) is 5.63. The van der Waals surface area contributed by atoms with E-state index in [4.69, 9.17) is 0 Å². The van der Waals surface area contributed by atoms with Crippen molar-refractivity contribution in [2.45, 2.75) is 32.7 Å². The van der Waals surface area contributed by atoms with Crippen molar-refractivity contribution in [2.75, 3.05) is 19.6 Å². The van der Waals surface area contributed by atoms with Gasteiger partial charge in [-0.15, -0.1) is 22.7 Å². The van der Waals surface area contributed by atoms with Gasteiger partial charge in [-0.1, -0.05) is 0 Å². The number of hydrogen-bond acceptors (Lipinski definition) is 5. The highest BCUT2D eigenvalue weighted by Gasteiger charge is 2.29. The van der Waals surface area contributed by atoms with Crippen LogP contribution in [0.3, 0.4) is 0 Å². The Balaban J connectivity index is 1.50. The molecule has 23 heavy (non-hydrogen) atoms. The highest BCUT2D eigenvalue weighted by Crippen LogP contribution is 2.35. The number of hydrogen-bond donors (Lipinski definition) is 1. The molecule has 0 unspecified atom stereocenters. The van der Waals surface area contributed by atoms with Gasteiger partial charge in [0.1, 0.15) is 0 Å². The van der Waals surface area contributed by atoms with Gasteiger partial charge in [-0.25, -0.2) is 4.98 Å². The molecule has 1 amide bonds. The molecule has 4 heterocycles. The fraction of sp³-hybridized carbons (Fsp3) is 0.529. The van der Waals surface area contributed by atoms with Gasteiger partial charge in [-0.2, -0.15) is 0 Å². The van der Waals surface area contributed by atoms with Gasteiger partial charge in [0, 0.05) is 29.3 Å². The first kappa shape index (κ1) is 15.3. The minimum Gasteiger partial charge on any atom is -0.338 e. The van der Waals surface area contributed by atoms with E-state index in [-0.39, 0.29) is 5.92 Å². The molecule has 1 N–H and O–H groups in total. The number of piperidine rings is 1. The number of nitrogens with one attached hydrogen (secondary N) is 1. The zero-order valence-electron chi connectivity index (χ0n) is 13.3. The van der Waals surface area contributed by atoms with Crippen LogP contribution in [0.1, 0.15) is 28.3 Å². The molecule has 2 aliphatic heterocycles. The van der Waals surface area contributed by atoms with Crippen molar-refractivity contribution >= 4 is 28.6 Å². The highest BCUT2D eigenvalue weighted by atomic mass is 32.1. The monoisotopic (exact) mass is 347 g/mol. The van der Waals surface area contributed by atoms with Crippen LogP contribution in [0.2, 0.25) is 0 Å². The lowest BCUT2D eigenvalue weighted by Gasteiger charge is -2.32. The number of carbonyl (C=O) groups is 1. The SMILES string of the molecule is Cc1nc(-c2cc3c(s2)CCN(C(=O)C2CCNCC2)C3)cs1. The number of thiophene rings is 1. The Morgan fingerprint density at radius 2 is 2.22 bits per heavy atom. The molecule has 122 valence electrons. The fourth-order valence-electron chi connectivity index (χ4n) is 3.45. The van der Waals surface area contributed by atoms with Crippen LogP contribution in [0.15, 0.2) is 11.4 Å². The standard InChI is InChI=1S/C17H21N3OS2/c1-11-19-14(10-22-11)16-8-13-9-20(7-4-15(13)23-16)17(21)12-2-5-18-6-3-12/h8,10,12,18H,2-7,9H2,1H3. The van der Waals surface area contributed by atoms with E-state index in [0.29, 0.717) is 5.91 Å². The van der Waals surface area contributed by atoms with Crippen LogP contribution in [0.5, 0.6) is 0 Å². The number of aromatic nitrogens is 1. The fourth-order valence-corrected chi connectivity index (χ4v) is 5.26. The van der Waals surface area contributed by atoms with E-state index in [1.807, 2.05) is 18.3 Å². The summed E-state index contributed by atoms with van der Waals surface area (Å²) in [5.41, 5.74) is 2.41. The Morgan fingerprint density at radius 3 is 2.96 bits per heavy atom. The number of aryl methyl sites for hydroxylation is 1. The first-order valence-corrected chi connectivity index (χ1v) is 9.94. The number of nitrogens with zero attached hydrogens (tertiary/aromatic N) is 2. The van der Waals surface area contributed by atoms with Crippen molar-refractivity contribution in [2.24, 2.45) is 5.92 Å². The molecule has 0 spiro atoms. The third-order valence-electron chi connectivity index (χ3n) is 4.74. The molecule has 0 aromatic carbocycles. The van der Waals surface area contributed by atoms with Crippen molar-refractivity contribution in [1.29, 1.82) is 0 Å². The second-order valence-electron chi connectivity index (χ2n) is 6.34. The minimum absolute atomic E-state index is 0.220. The molecule has 0 saturated carbocycles. The van der Waals surface area contributed by atoms with Crippen LogP contribution in [-0.2, 0) is 17.8 Å². The van der Waals surface area contributed by atoms with Gasteiger partial charge in [-0.3, -0.25) is 4.79 Å². The van der Waals surface area contributed by atoms with Crippen molar-refractivity contribution in [3.05, 3.63) is 26.9 Å². The Bertz CT molecular complexity index is 715. The average molecular weight is 348 g/mol. The zero-order valence-corrected chi connectivity index (χ0v) is 14.9. The highest BCUT2D eigenvalue weighted by molar-refractivity contribution is 7.16. The van der Waals surface area contributed by atoms with Crippen molar-refractivity contribution in [3.8, 4) is 10.6 Å². The lowest BCUT2D eigenvalue weighted by molar-refractivity contribution is -0.137. The molecule has 0 atom stereocenters. The van der Waals surface area contributed by atoms with Gasteiger partial charge in [0.05, 0.1) is 15.6 Å². The van der Waals surface area contributed by atoms with E-state index in [9.17, 15) is 4.79 Å². The molecule has 1 fully saturated rings. The Labute approximate surface area is 144 Å². The Kier molecular flexibility index (Phi) is 4.22. The quantitative estimate of drug-likeness (QED) is 0.908. The van der Waals surface area contributed by atoms with E-state index in [2.05, 4.69) is 26.6 Å². The first-order valence-electron chi connectivity index (χ1n) is 8.24. The van der Waals surface area contributed by atoms with Gasteiger partial charge < -0.3 is 10.2 Å². The van der Waals surface area contributed by atoms with Crippen LogP contribution in [0, 0.1) is 12.8 Å². The molecule has 0 bridgehead atoms. The number of rotatable bonds is 2. The third kappa shape index (κ3) is 3.07. The maximum atomic E-state index is 12.7. The van der Waals surface area contributed by atoms with E-state index >= 15 is 0 Å². The molecular weight excluding hydrogens is 326 g/mol. The third-order valence-corrected chi connectivity index (χ3v) is 6.77. The summed E-state index contributed by atoms with van der Waals surface area (Å²) in [4.78, 5) is 22.1. The molecule has 0 aliphatic carbocycles. The minimum atomic E-state index is 0.220. The van der Waals surface area contributed by atoms with Gasteiger partial charge >= 0.3 is 0 Å². The normalized spacial score (nSPS) is 18.9. The molecule has 6 heteroatoms. The molecule has 2 aromatic rings. The Hall–Kier alpha value is -1.24. The van der Waals surface area contributed by atoms with Gasteiger partial charge in [0.25, 0.3) is 0 Å². The van der Waals surface area contributed by atoms with Gasteiger partial charge in [0.15, 0.2) is 0 Å². The molecule has 2 aromatic heterocycles. The molecule has 4 rings (SSSR count). The van der Waals surface area contributed by atoms with Crippen molar-refractivity contribution < 1.29 is 4.79 Å². The number of thiazole rings is 1. The van der Waals surface area contributed by atoms with Crippen LogP contribution >= 0.6 is 22.7 Å². The maximum Gasteiger partial charge on any atom is 0.226 e. The van der Waals surface area contributed by atoms with Crippen LogP contribution in [-0.4, -0.2) is 35.4 Å². The second kappa shape index (κ2) is 6.34. The topological polar surface area (TPSA) is 45.2 Å². The van der Waals surface area contributed by atoms with E-state index in [0.717, 1.165) is 56.1 Å². The van der Waals surface area contributed by atoms with Gasteiger partial charge in [0.2, 0.25) is 5.91 Å². The molecule has 2 aliphatic rings. The van der Waals surface area contributed by atoms with Gasteiger partial charge in [-0.05, 0) is 50.9 Å².